The van der Waals surface area contributed by atoms with Crippen molar-refractivity contribution in [2.75, 3.05) is 5.73 Å². The molecule has 0 saturated heterocycles. The number of ether oxygens (including phenoxy) is 1. The van der Waals surface area contributed by atoms with E-state index in [0.29, 0.717) is 28.2 Å². The lowest BCUT2D eigenvalue weighted by Gasteiger charge is -2.04. The zero-order valence-electron chi connectivity index (χ0n) is 16.9. The summed E-state index contributed by atoms with van der Waals surface area (Å²) >= 11 is 3.04. The normalized spacial score (nSPS) is 14.0. The van der Waals surface area contributed by atoms with Gasteiger partial charge in [0, 0.05) is 10.4 Å². The van der Waals surface area contributed by atoms with Crippen LogP contribution in [0.3, 0.4) is 0 Å². The maximum absolute atomic E-state index is 12.3. The maximum Gasteiger partial charge on any atom is 0.387 e. The lowest BCUT2D eigenvalue weighted by Crippen LogP contribution is -2.01. The molecule has 1 aliphatic rings. The van der Waals surface area contributed by atoms with Crippen LogP contribution in [0.15, 0.2) is 33.9 Å². The summed E-state index contributed by atoms with van der Waals surface area (Å²) in [6.07, 6.45) is 5.75. The summed E-state index contributed by atoms with van der Waals surface area (Å²) < 4.78 is 34.6. The van der Waals surface area contributed by atoms with Gasteiger partial charge in [-0.2, -0.15) is 8.78 Å². The first-order valence-electron chi connectivity index (χ1n) is 10.1. The number of alkyl halides is 2. The maximum atomic E-state index is 12.3. The first-order valence-corrected chi connectivity index (χ1v) is 11.9. The Morgan fingerprint density at radius 2 is 1.91 bits per heavy atom. The van der Waals surface area contributed by atoms with Crippen molar-refractivity contribution in [2.45, 2.75) is 49.7 Å². The molecule has 0 aliphatic heterocycles. The molecule has 11 heteroatoms. The number of hydrogen-bond donors (Lipinski definition) is 1. The second-order valence-electron chi connectivity index (χ2n) is 7.33. The highest BCUT2D eigenvalue weighted by Gasteiger charge is 2.20. The van der Waals surface area contributed by atoms with Crippen LogP contribution in [0, 0.1) is 0 Å². The van der Waals surface area contributed by atoms with Crippen molar-refractivity contribution in [2.24, 2.45) is 0 Å². The number of thiophene rings is 1. The van der Waals surface area contributed by atoms with Crippen LogP contribution in [0.1, 0.15) is 35.5 Å². The molecule has 0 radical (unpaired) electrons. The summed E-state index contributed by atoms with van der Waals surface area (Å²) in [5.74, 6) is 1.93. The molecule has 1 aromatic carbocycles. The molecule has 0 saturated carbocycles. The number of fused-ring (bicyclic) bond motifs is 3. The lowest BCUT2D eigenvalue weighted by atomic mass is 10.1. The Balaban J connectivity index is 1.29. The number of rotatable bonds is 6. The third-order valence-corrected chi connectivity index (χ3v) is 7.20. The Kier molecular flexibility index (Phi) is 5.92. The quantitative estimate of drug-likeness (QED) is 0.289. The van der Waals surface area contributed by atoms with Crippen LogP contribution in [0.25, 0.3) is 21.7 Å². The minimum atomic E-state index is -2.87. The van der Waals surface area contributed by atoms with Gasteiger partial charge in [-0.05, 0) is 55.5 Å². The number of hydrogen-bond acceptors (Lipinski definition) is 9. The van der Waals surface area contributed by atoms with Crippen molar-refractivity contribution in [1.29, 1.82) is 0 Å². The van der Waals surface area contributed by atoms with E-state index in [2.05, 4.69) is 19.9 Å². The number of nitrogens with zero attached hydrogens (tertiary/aromatic N) is 4. The van der Waals surface area contributed by atoms with Gasteiger partial charge >= 0.3 is 6.61 Å². The highest BCUT2D eigenvalue weighted by atomic mass is 32.2. The molecule has 4 aromatic rings. The molecule has 1 aliphatic carbocycles. The van der Waals surface area contributed by atoms with Gasteiger partial charge in [0.25, 0.3) is 5.22 Å². The van der Waals surface area contributed by atoms with Gasteiger partial charge < -0.3 is 14.9 Å². The van der Waals surface area contributed by atoms with E-state index in [1.54, 1.807) is 23.5 Å². The SMILES string of the molecule is Nc1nc(CSc2nnc(-c3ccc(OC(F)F)cc3)o2)nc2sc3c(c12)CCCCC3. The fraction of sp³-hybridized carbons (Fsp3) is 0.333. The van der Waals surface area contributed by atoms with Crippen LogP contribution in [-0.4, -0.2) is 26.8 Å². The van der Waals surface area contributed by atoms with E-state index in [9.17, 15) is 8.78 Å². The van der Waals surface area contributed by atoms with Crippen molar-refractivity contribution in [3.8, 4) is 17.2 Å². The fourth-order valence-electron chi connectivity index (χ4n) is 3.76. The molecule has 0 amide bonds. The van der Waals surface area contributed by atoms with Crippen molar-refractivity contribution >= 4 is 39.1 Å². The Morgan fingerprint density at radius 3 is 2.72 bits per heavy atom. The topological polar surface area (TPSA) is 100.0 Å². The average molecular weight is 476 g/mol. The monoisotopic (exact) mass is 475 g/mol. The summed E-state index contributed by atoms with van der Waals surface area (Å²) in [6, 6.07) is 6.01. The fourth-order valence-corrected chi connectivity index (χ4v) is 5.67. The van der Waals surface area contributed by atoms with Crippen molar-refractivity contribution < 1.29 is 17.9 Å². The zero-order valence-corrected chi connectivity index (χ0v) is 18.5. The number of anilines is 1. The van der Waals surface area contributed by atoms with E-state index in [0.717, 1.165) is 23.1 Å². The Morgan fingerprint density at radius 1 is 1.09 bits per heavy atom. The average Bonchev–Trinajstić information content (AvgIpc) is 3.31. The van der Waals surface area contributed by atoms with Crippen LogP contribution in [-0.2, 0) is 18.6 Å². The van der Waals surface area contributed by atoms with E-state index in [-0.39, 0.29) is 11.6 Å². The van der Waals surface area contributed by atoms with E-state index >= 15 is 0 Å². The van der Waals surface area contributed by atoms with E-state index in [1.807, 2.05) is 0 Å². The summed E-state index contributed by atoms with van der Waals surface area (Å²) in [7, 11) is 0. The van der Waals surface area contributed by atoms with Crippen molar-refractivity contribution in [3.05, 3.63) is 40.5 Å². The molecule has 2 N–H and O–H groups in total. The smallest absolute Gasteiger partial charge is 0.387 e. The molecule has 3 heterocycles. The molecule has 0 spiro atoms. The standard InChI is InChI=1S/C21H19F2N5O2S2/c22-20(23)29-12-8-6-11(7-9-12)18-27-28-21(30-18)31-10-15-25-17(24)16-13-4-2-1-3-5-14(13)32-19(16)26-15/h6-9,20H,1-5,10H2,(H2,24,25,26). The molecule has 7 nitrogen and oxygen atoms in total. The summed E-state index contributed by atoms with van der Waals surface area (Å²) in [5.41, 5.74) is 8.23. The number of nitrogen functional groups attached to an aromatic ring is 1. The predicted molar refractivity (Wildman–Crippen MR) is 119 cm³/mol. The van der Waals surface area contributed by atoms with Gasteiger partial charge in [0.05, 0.1) is 11.1 Å². The van der Waals surface area contributed by atoms with Crippen LogP contribution < -0.4 is 10.5 Å². The van der Waals surface area contributed by atoms with E-state index in [1.165, 1.54) is 53.6 Å². The number of halogens is 2. The van der Waals surface area contributed by atoms with Crippen molar-refractivity contribution in [1.82, 2.24) is 20.2 Å². The van der Waals surface area contributed by atoms with Gasteiger partial charge in [0.15, 0.2) is 0 Å². The molecular weight excluding hydrogens is 456 g/mol. The Bertz CT molecular complexity index is 1240. The molecule has 3 aromatic heterocycles. The van der Waals surface area contributed by atoms with Gasteiger partial charge in [-0.15, -0.1) is 21.5 Å². The molecule has 0 fully saturated rings. The first kappa shape index (κ1) is 21.1. The number of benzene rings is 1. The molecule has 5 rings (SSSR count). The highest BCUT2D eigenvalue weighted by molar-refractivity contribution is 7.98. The molecule has 166 valence electrons. The number of thioether (sulfide) groups is 1. The first-order chi connectivity index (χ1) is 15.6. The second kappa shape index (κ2) is 8.99. The van der Waals surface area contributed by atoms with E-state index < -0.39 is 6.61 Å². The number of nitrogens with two attached hydrogens (primary N) is 1. The number of aromatic nitrogens is 4. The third kappa shape index (κ3) is 4.40. The predicted octanol–water partition coefficient (Wildman–Crippen LogP) is 5.49. The third-order valence-electron chi connectivity index (χ3n) is 5.20. The van der Waals surface area contributed by atoms with Gasteiger partial charge in [-0.1, -0.05) is 18.2 Å². The summed E-state index contributed by atoms with van der Waals surface area (Å²) in [6.45, 7) is -2.87. The van der Waals surface area contributed by atoms with Gasteiger partial charge in [0.2, 0.25) is 5.89 Å². The van der Waals surface area contributed by atoms with Crippen LogP contribution in [0.2, 0.25) is 0 Å². The van der Waals surface area contributed by atoms with Crippen LogP contribution in [0.4, 0.5) is 14.6 Å². The van der Waals surface area contributed by atoms with E-state index in [4.69, 9.17) is 15.1 Å². The van der Waals surface area contributed by atoms with Crippen LogP contribution in [0.5, 0.6) is 5.75 Å². The minimum absolute atomic E-state index is 0.0638. The summed E-state index contributed by atoms with van der Waals surface area (Å²) in [4.78, 5) is 11.6. The number of aryl methyl sites for hydroxylation is 2. The van der Waals surface area contributed by atoms with Gasteiger partial charge in [-0.3, -0.25) is 0 Å². The lowest BCUT2D eigenvalue weighted by molar-refractivity contribution is -0.0498. The van der Waals surface area contributed by atoms with Gasteiger partial charge in [-0.25, -0.2) is 9.97 Å². The van der Waals surface area contributed by atoms with Crippen LogP contribution >= 0.6 is 23.1 Å². The van der Waals surface area contributed by atoms with Gasteiger partial charge in [0.1, 0.15) is 22.2 Å². The molecule has 32 heavy (non-hydrogen) atoms. The molecule has 0 atom stereocenters. The molecule has 0 bridgehead atoms. The highest BCUT2D eigenvalue weighted by Crippen LogP contribution is 2.37. The minimum Gasteiger partial charge on any atom is -0.435 e. The zero-order chi connectivity index (χ0) is 22.1. The Hall–Kier alpha value is -2.79. The molecule has 0 unspecified atom stereocenters. The van der Waals surface area contributed by atoms with Crippen molar-refractivity contribution in [3.63, 3.8) is 0 Å². The second-order valence-corrected chi connectivity index (χ2v) is 9.34. The molecular formula is C21H19F2N5O2S2. The largest absolute Gasteiger partial charge is 0.435 e. The Labute approximate surface area is 190 Å². The summed E-state index contributed by atoms with van der Waals surface area (Å²) in [5, 5.41) is 9.43.